The van der Waals surface area contributed by atoms with Crippen LogP contribution >= 0.6 is 0 Å². The minimum atomic E-state index is -1.16. The number of benzene rings is 3. The molecule has 0 radical (unpaired) electrons. The predicted molar refractivity (Wildman–Crippen MR) is 189 cm³/mol. The van der Waals surface area contributed by atoms with E-state index in [1.165, 1.54) is 0 Å². The monoisotopic (exact) mass is 675 g/mol. The summed E-state index contributed by atoms with van der Waals surface area (Å²) in [6, 6.07) is 23.7. The number of rotatable bonds is 12. The molecule has 1 aliphatic rings. The zero-order valence-electron chi connectivity index (χ0n) is 28.1. The van der Waals surface area contributed by atoms with E-state index in [9.17, 15) is 14.4 Å². The second-order valence-corrected chi connectivity index (χ2v) is 13.0. The quantitative estimate of drug-likeness (QED) is 0.0932. The van der Waals surface area contributed by atoms with Gasteiger partial charge in [0, 0.05) is 76.5 Å². The van der Waals surface area contributed by atoms with Gasteiger partial charge in [0.2, 0.25) is 6.29 Å². The molecule has 4 heterocycles. The molecule has 0 bridgehead atoms. The van der Waals surface area contributed by atoms with Crippen LogP contribution in [0, 0.1) is 5.92 Å². The maximum Gasteiger partial charge on any atom is 0.308 e. The lowest BCUT2D eigenvalue weighted by Gasteiger charge is -2.42. The van der Waals surface area contributed by atoms with Crippen molar-refractivity contribution in [2.45, 2.75) is 77.0 Å². The van der Waals surface area contributed by atoms with Gasteiger partial charge in [0.1, 0.15) is 6.10 Å². The molecule has 1 aliphatic heterocycles. The second kappa shape index (κ2) is 14.6. The minimum absolute atomic E-state index is 0.108. The van der Waals surface area contributed by atoms with E-state index in [4.69, 9.17) is 18.9 Å². The van der Waals surface area contributed by atoms with E-state index < -0.39 is 42.5 Å². The molecular weight excluding hydrogens is 634 g/mol. The van der Waals surface area contributed by atoms with Gasteiger partial charge < -0.3 is 33.9 Å². The van der Waals surface area contributed by atoms with E-state index in [0.29, 0.717) is 19.3 Å². The smallest absolute Gasteiger partial charge is 0.308 e. The first-order valence-electron chi connectivity index (χ1n) is 17.2. The Morgan fingerprint density at radius 2 is 0.940 bits per heavy atom. The molecule has 0 aliphatic carbocycles. The standard InChI is InChI=1S/C40H41N3O7/c1-24-38(48-35(44)18-15-26-21-41-32-12-6-3-9-29(26)32)25(2)47-40(50-37(46)20-17-28-23-43-34-14-8-5-11-31(28)34)39(24)49-36(45)19-16-27-22-42-33-13-7-4-10-30(27)33/h3-14,21-25,38-43H,15-20H2,1-2H3/t24-,25+,38+,39+,40-/m1/s1. The molecule has 10 nitrogen and oxygen atoms in total. The molecular formula is C40H41N3O7. The van der Waals surface area contributed by atoms with Crippen LogP contribution in [0.2, 0.25) is 0 Å². The summed E-state index contributed by atoms with van der Waals surface area (Å²) in [7, 11) is 0. The Morgan fingerprint density at radius 3 is 1.38 bits per heavy atom. The zero-order chi connectivity index (χ0) is 34.6. The van der Waals surface area contributed by atoms with Crippen molar-refractivity contribution in [2.75, 3.05) is 0 Å². The van der Waals surface area contributed by atoms with Crippen LogP contribution in [0.5, 0.6) is 0 Å². The number of ether oxygens (including phenoxy) is 4. The highest BCUT2D eigenvalue weighted by Crippen LogP contribution is 2.33. The van der Waals surface area contributed by atoms with E-state index in [0.717, 1.165) is 49.4 Å². The van der Waals surface area contributed by atoms with E-state index in [-0.39, 0.29) is 25.2 Å². The van der Waals surface area contributed by atoms with Gasteiger partial charge in [0.15, 0.2) is 6.10 Å². The Labute approximate surface area is 289 Å². The summed E-state index contributed by atoms with van der Waals surface area (Å²) in [5, 5.41) is 3.16. The maximum atomic E-state index is 13.3. The number of aryl methyl sites for hydroxylation is 3. The van der Waals surface area contributed by atoms with Gasteiger partial charge in [-0.25, -0.2) is 0 Å². The topological polar surface area (TPSA) is 136 Å². The van der Waals surface area contributed by atoms with Gasteiger partial charge in [-0.2, -0.15) is 0 Å². The van der Waals surface area contributed by atoms with Crippen LogP contribution < -0.4 is 0 Å². The summed E-state index contributed by atoms with van der Waals surface area (Å²) in [6.07, 6.45) is 4.04. The number of hydrogen-bond acceptors (Lipinski definition) is 7. The maximum absolute atomic E-state index is 13.3. The molecule has 258 valence electrons. The van der Waals surface area contributed by atoms with Crippen molar-refractivity contribution in [3.05, 3.63) is 108 Å². The minimum Gasteiger partial charge on any atom is -0.459 e. The molecule has 50 heavy (non-hydrogen) atoms. The van der Waals surface area contributed by atoms with E-state index in [1.807, 2.05) is 98.3 Å². The van der Waals surface area contributed by atoms with Gasteiger partial charge >= 0.3 is 17.9 Å². The molecule has 6 aromatic rings. The Bertz CT molecular complexity index is 2130. The number of carbonyl (C=O) groups excluding carboxylic acids is 3. The lowest BCUT2D eigenvalue weighted by atomic mass is 9.90. The van der Waals surface area contributed by atoms with Crippen LogP contribution in [0.25, 0.3) is 32.7 Å². The Morgan fingerprint density at radius 1 is 0.560 bits per heavy atom. The summed E-state index contributed by atoms with van der Waals surface area (Å²) < 4.78 is 24.0. The number of fused-ring (bicyclic) bond motifs is 3. The molecule has 3 aromatic carbocycles. The molecule has 0 unspecified atom stereocenters. The largest absolute Gasteiger partial charge is 0.459 e. The van der Waals surface area contributed by atoms with Crippen molar-refractivity contribution >= 4 is 50.6 Å². The molecule has 0 amide bonds. The van der Waals surface area contributed by atoms with Crippen LogP contribution in [0.1, 0.15) is 49.8 Å². The van der Waals surface area contributed by atoms with Crippen molar-refractivity contribution in [3.63, 3.8) is 0 Å². The number of H-pyrrole nitrogens is 3. The third-order valence-electron chi connectivity index (χ3n) is 9.72. The van der Waals surface area contributed by atoms with Gasteiger partial charge in [-0.1, -0.05) is 61.5 Å². The highest BCUT2D eigenvalue weighted by Gasteiger charge is 2.48. The summed E-state index contributed by atoms with van der Waals surface area (Å²) in [5.74, 6) is -1.84. The van der Waals surface area contributed by atoms with Crippen molar-refractivity contribution in [2.24, 2.45) is 5.92 Å². The summed E-state index contributed by atoms with van der Waals surface area (Å²) in [6.45, 7) is 3.61. The van der Waals surface area contributed by atoms with Gasteiger partial charge in [0.25, 0.3) is 0 Å². The highest BCUT2D eigenvalue weighted by atomic mass is 16.7. The summed E-state index contributed by atoms with van der Waals surface area (Å²) in [5.41, 5.74) is 6.03. The van der Waals surface area contributed by atoms with E-state index in [2.05, 4.69) is 15.0 Å². The summed E-state index contributed by atoms with van der Waals surface area (Å²) in [4.78, 5) is 49.4. The average molecular weight is 676 g/mol. The number of para-hydroxylation sites is 3. The molecule has 0 spiro atoms. The first-order chi connectivity index (χ1) is 24.3. The van der Waals surface area contributed by atoms with Crippen molar-refractivity contribution in [1.82, 2.24) is 15.0 Å². The number of aromatic nitrogens is 3. The molecule has 3 N–H and O–H groups in total. The fourth-order valence-corrected chi connectivity index (χ4v) is 7.03. The van der Waals surface area contributed by atoms with Crippen LogP contribution in [-0.2, 0) is 52.6 Å². The van der Waals surface area contributed by atoms with Crippen LogP contribution in [0.3, 0.4) is 0 Å². The average Bonchev–Trinajstić information content (AvgIpc) is 3.86. The molecule has 1 saturated heterocycles. The van der Waals surface area contributed by atoms with E-state index in [1.54, 1.807) is 6.92 Å². The molecule has 5 atom stereocenters. The molecule has 3 aromatic heterocycles. The predicted octanol–water partition coefficient (Wildman–Crippen LogP) is 7.08. The summed E-state index contributed by atoms with van der Waals surface area (Å²) >= 11 is 0. The fourth-order valence-electron chi connectivity index (χ4n) is 7.03. The molecule has 1 fully saturated rings. The number of hydrogen-bond donors (Lipinski definition) is 3. The van der Waals surface area contributed by atoms with Crippen molar-refractivity contribution in [3.8, 4) is 0 Å². The molecule has 0 saturated carbocycles. The first-order valence-corrected chi connectivity index (χ1v) is 17.2. The van der Waals surface area contributed by atoms with Gasteiger partial charge in [0.05, 0.1) is 6.10 Å². The van der Waals surface area contributed by atoms with Gasteiger partial charge in [-0.3, -0.25) is 14.4 Å². The van der Waals surface area contributed by atoms with Gasteiger partial charge in [-0.05, 0) is 61.1 Å². The second-order valence-electron chi connectivity index (χ2n) is 13.0. The lowest BCUT2D eigenvalue weighted by Crippen LogP contribution is -2.56. The number of esters is 3. The van der Waals surface area contributed by atoms with Crippen LogP contribution in [-0.4, -0.2) is 57.5 Å². The third-order valence-corrected chi connectivity index (χ3v) is 9.72. The Balaban J connectivity index is 1.02. The van der Waals surface area contributed by atoms with Crippen LogP contribution in [0.4, 0.5) is 0 Å². The number of aromatic amines is 3. The lowest BCUT2D eigenvalue weighted by molar-refractivity contribution is -0.278. The molecule has 7 rings (SSSR count). The number of carbonyl (C=O) groups is 3. The fraction of sp³-hybridized carbons (Fsp3) is 0.325. The number of nitrogens with one attached hydrogen (secondary N) is 3. The van der Waals surface area contributed by atoms with E-state index >= 15 is 0 Å². The van der Waals surface area contributed by atoms with Gasteiger partial charge in [-0.15, -0.1) is 0 Å². The highest BCUT2D eigenvalue weighted by molar-refractivity contribution is 5.85. The Kier molecular flexibility index (Phi) is 9.71. The normalized spacial score (nSPS) is 20.6. The zero-order valence-corrected chi connectivity index (χ0v) is 28.1. The van der Waals surface area contributed by atoms with Crippen molar-refractivity contribution in [1.29, 1.82) is 0 Å². The SMILES string of the molecule is C[C@H]1[C@H](OC(=O)CCc2c[nH]c3ccccc23)[C@@H](OC(=O)CCc2c[nH]c3ccccc23)O[C@@H](C)[C@H]1OC(=O)CCc1c[nH]c2ccccc12. The Hall–Kier alpha value is -5.35. The molecule has 10 heteroatoms. The third kappa shape index (κ3) is 7.16. The first kappa shape index (κ1) is 33.2. The van der Waals surface area contributed by atoms with Crippen LogP contribution in [0.15, 0.2) is 91.4 Å². The van der Waals surface area contributed by atoms with Crippen molar-refractivity contribution < 1.29 is 33.3 Å².